The summed E-state index contributed by atoms with van der Waals surface area (Å²) in [6.45, 7) is 1.01. The molecule has 0 fully saturated rings. The molecule has 0 atom stereocenters. The molecule has 370 valence electrons. The van der Waals surface area contributed by atoms with Crippen molar-refractivity contribution < 1.29 is 14.4 Å². The molecule has 9 aromatic rings. The van der Waals surface area contributed by atoms with Crippen LogP contribution in [0.25, 0.3) is 32.7 Å². The highest BCUT2D eigenvalue weighted by atomic mass is 35.5. The predicted molar refractivity (Wildman–Crippen MR) is 302 cm³/mol. The van der Waals surface area contributed by atoms with Crippen molar-refractivity contribution in [2.24, 2.45) is 0 Å². The first-order chi connectivity index (χ1) is 35.2. The highest BCUT2D eigenvalue weighted by molar-refractivity contribution is 8.16. The van der Waals surface area contributed by atoms with Gasteiger partial charge in [-0.15, -0.1) is 23.5 Å². The number of aldehydes is 3. The Balaban J connectivity index is 0.000000247. The van der Waals surface area contributed by atoms with Crippen LogP contribution in [0.15, 0.2) is 170 Å². The number of hydrogen-bond donors (Lipinski definition) is 0. The normalized spacial score (nSPS) is 11.1. The van der Waals surface area contributed by atoms with Crippen LogP contribution in [0, 0.1) is 0 Å². The Morgan fingerprint density at radius 2 is 0.726 bits per heavy atom. The monoisotopic (exact) mass is 1030 g/mol. The minimum absolute atomic E-state index is 0.00213. The summed E-state index contributed by atoms with van der Waals surface area (Å²) in [6, 6.07) is 46.5. The lowest BCUT2D eigenvalue weighted by Gasteiger charge is -2.20. The van der Waals surface area contributed by atoms with Crippen molar-refractivity contribution in [2.45, 2.75) is 29.4 Å². The first-order valence-corrected chi connectivity index (χ1v) is 25.6. The van der Waals surface area contributed by atoms with Crippen LogP contribution >= 0.6 is 35.1 Å². The summed E-state index contributed by atoms with van der Waals surface area (Å²) in [4.78, 5) is 84.2. The van der Waals surface area contributed by atoms with Crippen LogP contribution in [0.4, 0.5) is 17.1 Å². The van der Waals surface area contributed by atoms with Crippen molar-refractivity contribution in [3.05, 3.63) is 215 Å². The van der Waals surface area contributed by atoms with Gasteiger partial charge in [0.05, 0.1) is 57.9 Å². The Hall–Kier alpha value is -7.65. The summed E-state index contributed by atoms with van der Waals surface area (Å²) in [5.41, 5.74) is 6.89. The molecule has 0 aliphatic rings. The van der Waals surface area contributed by atoms with Crippen molar-refractivity contribution in [3.63, 3.8) is 0 Å². The van der Waals surface area contributed by atoms with E-state index in [0.717, 1.165) is 55.6 Å². The number of benzene rings is 6. The molecule has 9 rings (SSSR count). The maximum atomic E-state index is 14.0. The molecule has 0 aliphatic heterocycles. The Kier molecular flexibility index (Phi) is 16.2. The summed E-state index contributed by atoms with van der Waals surface area (Å²) in [5.74, 6) is 0. The molecule has 0 radical (unpaired) electrons. The molecule has 3 aromatic heterocycles. The summed E-state index contributed by atoms with van der Waals surface area (Å²) in [6.07, 6.45) is 1.80. The molecule has 0 spiro atoms. The van der Waals surface area contributed by atoms with Gasteiger partial charge in [-0.2, -0.15) is 0 Å². The number of hydrogen-bond acceptors (Lipinski definition) is 11. The fourth-order valence-electron chi connectivity index (χ4n) is 8.66. The Morgan fingerprint density at radius 3 is 1.04 bits per heavy atom. The number of nitrogens with zero attached hydrogens (tertiary/aromatic N) is 6. The minimum Gasteiger partial charge on any atom is -0.378 e. The van der Waals surface area contributed by atoms with E-state index >= 15 is 0 Å². The van der Waals surface area contributed by atoms with Gasteiger partial charge in [-0.05, 0) is 71.3 Å². The zero-order valence-corrected chi connectivity index (χ0v) is 43.6. The lowest BCUT2D eigenvalue weighted by molar-refractivity contribution is 0.111. The zero-order chi connectivity index (χ0) is 51.9. The standard InChI is InChI=1S/C39H36N4O4S2.C19H17ClN2O2/c1-40(2)28-15-17-30-34(19-28)42(21-26-11-7-5-8-12-26)38(46)32(23-44)36(30)48-25-49-37-31-18-16-29(41(3)4)20-35(31)43(39(47)33(37)24-45)22-27-13-9-6-10-14-27;1-21(2)14-8-9-15-17(10-14)22(11-13-6-4-3-5-7-13)19(24)16(12-23)18(15)20/h5-20,23-24H,21-22,25H2,1-4H3;3-10,12H,11H2,1-2H3. The second-order valence-electron chi connectivity index (χ2n) is 17.9. The summed E-state index contributed by atoms with van der Waals surface area (Å²) in [5, 5.41) is 2.81. The first kappa shape index (κ1) is 51.7. The smallest absolute Gasteiger partial charge is 0.263 e. The molecule has 0 N–H and O–H groups in total. The summed E-state index contributed by atoms with van der Waals surface area (Å²) >= 11 is 9.01. The van der Waals surface area contributed by atoms with Crippen molar-refractivity contribution in [1.29, 1.82) is 0 Å². The van der Waals surface area contributed by atoms with Gasteiger partial charge < -0.3 is 28.4 Å². The average Bonchev–Trinajstić information content (AvgIpc) is 3.40. The van der Waals surface area contributed by atoms with Gasteiger partial charge in [0, 0.05) is 90.4 Å². The van der Waals surface area contributed by atoms with Crippen LogP contribution in [-0.2, 0) is 19.6 Å². The van der Waals surface area contributed by atoms with Gasteiger partial charge in [0.25, 0.3) is 16.7 Å². The molecule has 0 unspecified atom stereocenters. The highest BCUT2D eigenvalue weighted by Crippen LogP contribution is 2.39. The van der Waals surface area contributed by atoms with Gasteiger partial charge in [-0.1, -0.05) is 103 Å². The van der Waals surface area contributed by atoms with E-state index in [1.807, 2.05) is 203 Å². The molecule has 0 amide bonds. The number of anilines is 3. The number of fused-ring (bicyclic) bond motifs is 3. The number of aromatic nitrogens is 3. The highest BCUT2D eigenvalue weighted by Gasteiger charge is 2.22. The van der Waals surface area contributed by atoms with Gasteiger partial charge in [-0.25, -0.2) is 0 Å². The molecule has 3 heterocycles. The third-order valence-electron chi connectivity index (χ3n) is 12.6. The Labute approximate surface area is 436 Å². The van der Waals surface area contributed by atoms with E-state index in [2.05, 4.69) is 0 Å². The van der Waals surface area contributed by atoms with Crippen LogP contribution in [0.3, 0.4) is 0 Å². The third-order valence-corrected chi connectivity index (χ3v) is 15.4. The fourth-order valence-corrected chi connectivity index (χ4v) is 11.4. The van der Waals surface area contributed by atoms with Gasteiger partial charge in [0.1, 0.15) is 0 Å². The van der Waals surface area contributed by atoms with E-state index in [1.54, 1.807) is 13.7 Å². The van der Waals surface area contributed by atoms with E-state index in [4.69, 9.17) is 11.6 Å². The van der Waals surface area contributed by atoms with Gasteiger partial charge in [-0.3, -0.25) is 28.8 Å². The lowest BCUT2D eigenvalue weighted by Crippen LogP contribution is -2.26. The molecule has 15 heteroatoms. The first-order valence-electron chi connectivity index (χ1n) is 23.3. The molecule has 73 heavy (non-hydrogen) atoms. The molecule has 6 aromatic carbocycles. The predicted octanol–water partition coefficient (Wildman–Crippen LogP) is 10.6. The van der Waals surface area contributed by atoms with Crippen molar-refractivity contribution in [3.8, 4) is 0 Å². The second kappa shape index (κ2) is 22.8. The fraction of sp³-hybridized carbons (Fsp3) is 0.172. The summed E-state index contributed by atoms with van der Waals surface area (Å²) in [7, 11) is 11.6. The van der Waals surface area contributed by atoms with Gasteiger partial charge in [0.15, 0.2) is 18.9 Å². The zero-order valence-electron chi connectivity index (χ0n) is 41.2. The van der Waals surface area contributed by atoms with Crippen molar-refractivity contribution in [1.82, 2.24) is 13.7 Å². The maximum absolute atomic E-state index is 14.0. The molecule has 0 saturated carbocycles. The molecule has 0 bridgehead atoms. The molecule has 0 aliphatic carbocycles. The minimum atomic E-state index is -0.373. The third kappa shape index (κ3) is 10.9. The van der Waals surface area contributed by atoms with E-state index in [9.17, 15) is 28.8 Å². The Bertz CT molecular complexity index is 3550. The SMILES string of the molecule is CN(C)c1ccc2c(Cl)c(C=O)c(=O)n(Cc3ccccc3)c2c1.CN(C)c1ccc2c(SCSc3c(C=O)c(=O)n(Cc4ccccc4)c4cc(N(C)C)ccc34)c(C=O)c(=O)n(Cc3ccccc3)c2c1. The quantitative estimate of drug-likeness (QED) is 0.0521. The van der Waals surface area contributed by atoms with E-state index in [0.29, 0.717) is 64.3 Å². The maximum Gasteiger partial charge on any atom is 0.263 e. The molecular formula is C58H53ClN6O6S2. The molecule has 0 saturated heterocycles. The number of thioether (sulfide) groups is 2. The number of halogens is 1. The van der Waals surface area contributed by atoms with Crippen LogP contribution < -0.4 is 31.4 Å². The van der Waals surface area contributed by atoms with E-state index in [-0.39, 0.29) is 38.4 Å². The van der Waals surface area contributed by atoms with E-state index in [1.165, 1.54) is 23.5 Å². The van der Waals surface area contributed by atoms with Crippen molar-refractivity contribution >= 4 is 104 Å². The summed E-state index contributed by atoms with van der Waals surface area (Å²) < 4.78 is 4.92. The van der Waals surface area contributed by atoms with Gasteiger partial charge >= 0.3 is 0 Å². The van der Waals surface area contributed by atoms with Gasteiger partial charge in [0.2, 0.25) is 0 Å². The lowest BCUT2D eigenvalue weighted by atomic mass is 10.1. The van der Waals surface area contributed by atoms with Crippen LogP contribution in [0.2, 0.25) is 5.02 Å². The number of rotatable bonds is 16. The Morgan fingerprint density at radius 1 is 0.425 bits per heavy atom. The molecule has 12 nitrogen and oxygen atoms in total. The topological polar surface area (TPSA) is 127 Å². The van der Waals surface area contributed by atoms with Crippen LogP contribution in [0.5, 0.6) is 0 Å². The van der Waals surface area contributed by atoms with E-state index < -0.39 is 0 Å². The number of carbonyl (C=O) groups excluding carboxylic acids is 3. The van der Waals surface area contributed by atoms with Crippen LogP contribution in [0.1, 0.15) is 47.8 Å². The average molecular weight is 1030 g/mol. The largest absolute Gasteiger partial charge is 0.378 e. The second-order valence-corrected chi connectivity index (χ2v) is 20.6. The number of carbonyl (C=O) groups is 3. The van der Waals surface area contributed by atoms with Crippen LogP contribution in [-0.4, -0.2) is 79.9 Å². The number of pyridine rings is 3. The molecular weight excluding hydrogens is 976 g/mol. The van der Waals surface area contributed by atoms with Crippen molar-refractivity contribution in [2.75, 3.05) is 62.1 Å².